The first kappa shape index (κ1) is 8.02. The van der Waals surface area contributed by atoms with E-state index >= 15 is 0 Å². The number of nitrogens with two attached hydrogens (primary N) is 1. The zero-order valence-electron chi connectivity index (χ0n) is 6.64. The van der Waals surface area contributed by atoms with Crippen LogP contribution in [0.3, 0.4) is 0 Å². The van der Waals surface area contributed by atoms with Gasteiger partial charge in [-0.15, -0.1) is 0 Å². The molecule has 1 saturated heterocycles. The second kappa shape index (κ2) is 3.94. The lowest BCUT2D eigenvalue weighted by Gasteiger charge is -2.26. The zero-order chi connectivity index (χ0) is 7.40. The molecule has 0 aliphatic carbocycles. The maximum absolute atomic E-state index is 5.44. The van der Waals surface area contributed by atoms with Crippen LogP contribution in [0.2, 0.25) is 0 Å². The fraction of sp³-hybridized carbons (Fsp3) is 0.875. The predicted octanol–water partition coefficient (Wildman–Crippen LogP) is 0.885. The third-order valence-corrected chi connectivity index (χ3v) is 2.10. The number of nitrogens with one attached hydrogen (secondary N) is 1. The van der Waals surface area contributed by atoms with Crippen molar-refractivity contribution in [1.82, 2.24) is 5.32 Å². The Morgan fingerprint density at radius 3 is 2.90 bits per heavy atom. The molecule has 2 heteroatoms. The van der Waals surface area contributed by atoms with E-state index in [2.05, 4.69) is 18.8 Å². The molecule has 0 spiro atoms. The normalized spacial score (nSPS) is 34.2. The second-order valence-electron chi connectivity index (χ2n) is 3.16. The zero-order valence-corrected chi connectivity index (χ0v) is 6.64. The highest BCUT2D eigenvalue weighted by Gasteiger charge is 2.16. The van der Waals surface area contributed by atoms with Crippen molar-refractivity contribution in [2.45, 2.75) is 32.2 Å². The van der Waals surface area contributed by atoms with E-state index in [1.54, 1.807) is 0 Å². The Hall–Kier alpha value is -0.0800. The van der Waals surface area contributed by atoms with E-state index in [1.165, 1.54) is 12.8 Å². The Balaban J connectivity index is 2.13. The minimum absolute atomic E-state index is 0.654. The van der Waals surface area contributed by atoms with Gasteiger partial charge in [0.05, 0.1) is 0 Å². The van der Waals surface area contributed by atoms with Gasteiger partial charge in [0.15, 0.2) is 0 Å². The minimum Gasteiger partial charge on any atom is -0.330 e. The molecule has 0 saturated carbocycles. The van der Waals surface area contributed by atoms with Crippen LogP contribution in [0.15, 0.2) is 0 Å². The van der Waals surface area contributed by atoms with Crippen molar-refractivity contribution in [2.24, 2.45) is 11.7 Å². The van der Waals surface area contributed by atoms with Crippen LogP contribution in [-0.2, 0) is 0 Å². The highest BCUT2D eigenvalue weighted by Crippen LogP contribution is 2.17. The summed E-state index contributed by atoms with van der Waals surface area (Å²) in [5, 5.41) is 3.36. The minimum atomic E-state index is 0.654. The van der Waals surface area contributed by atoms with Gasteiger partial charge in [0.1, 0.15) is 0 Å². The van der Waals surface area contributed by atoms with Crippen molar-refractivity contribution in [1.29, 1.82) is 0 Å². The van der Waals surface area contributed by atoms with E-state index in [0.717, 1.165) is 18.9 Å². The van der Waals surface area contributed by atoms with Gasteiger partial charge in [0.25, 0.3) is 0 Å². The van der Waals surface area contributed by atoms with Gasteiger partial charge >= 0.3 is 0 Å². The first-order valence-electron chi connectivity index (χ1n) is 4.12. The third-order valence-electron chi connectivity index (χ3n) is 2.10. The molecule has 1 aliphatic heterocycles. The van der Waals surface area contributed by atoms with Crippen LogP contribution in [0.1, 0.15) is 26.2 Å². The van der Waals surface area contributed by atoms with Crippen molar-refractivity contribution >= 4 is 0 Å². The van der Waals surface area contributed by atoms with E-state index in [-0.39, 0.29) is 0 Å². The van der Waals surface area contributed by atoms with Gasteiger partial charge in [-0.3, -0.25) is 0 Å². The lowest BCUT2D eigenvalue weighted by molar-refractivity contribution is 0.364. The van der Waals surface area contributed by atoms with Crippen molar-refractivity contribution < 1.29 is 0 Å². The fourth-order valence-electron chi connectivity index (χ4n) is 1.36. The average molecular weight is 141 g/mol. The summed E-state index contributed by atoms with van der Waals surface area (Å²) in [7, 11) is 0. The maximum atomic E-state index is 5.44. The van der Waals surface area contributed by atoms with Crippen LogP contribution < -0.4 is 11.1 Å². The van der Waals surface area contributed by atoms with Gasteiger partial charge in [0.2, 0.25) is 0 Å². The van der Waals surface area contributed by atoms with Gasteiger partial charge in [0, 0.05) is 12.6 Å². The molecule has 1 rings (SSSR count). The largest absolute Gasteiger partial charge is 0.330 e. The topological polar surface area (TPSA) is 38.0 Å². The monoisotopic (exact) mass is 141 g/mol. The quantitative estimate of drug-likeness (QED) is 0.599. The van der Waals surface area contributed by atoms with Crippen molar-refractivity contribution in [3.05, 3.63) is 6.54 Å². The summed E-state index contributed by atoms with van der Waals surface area (Å²) in [6.07, 6.45) is 3.72. The molecule has 1 fully saturated rings. The lowest BCUT2D eigenvalue weighted by atomic mass is 9.95. The molecule has 1 heterocycles. The van der Waals surface area contributed by atoms with E-state index in [9.17, 15) is 0 Å². The summed E-state index contributed by atoms with van der Waals surface area (Å²) in [5.74, 6) is 0.744. The first-order chi connectivity index (χ1) is 4.83. The standard InChI is InChI=1S/C8H17N2/c1-7-2-3-8(4-5-9)10-6-7/h6-8,10H,2-5,9H2,1H3. The summed E-state index contributed by atoms with van der Waals surface area (Å²) in [6.45, 7) is 5.25. The molecule has 2 atom stereocenters. The molecular weight excluding hydrogens is 124 g/mol. The number of hydrogen-bond donors (Lipinski definition) is 2. The highest BCUT2D eigenvalue weighted by molar-refractivity contribution is 4.83. The van der Waals surface area contributed by atoms with Crippen LogP contribution in [-0.4, -0.2) is 12.6 Å². The van der Waals surface area contributed by atoms with E-state index in [1.807, 2.05) is 0 Å². The molecule has 2 unspecified atom stereocenters. The van der Waals surface area contributed by atoms with Gasteiger partial charge in [-0.1, -0.05) is 6.92 Å². The Morgan fingerprint density at radius 1 is 1.60 bits per heavy atom. The molecule has 0 aromatic carbocycles. The molecule has 2 nitrogen and oxygen atoms in total. The third kappa shape index (κ3) is 2.27. The second-order valence-corrected chi connectivity index (χ2v) is 3.16. The fourth-order valence-corrected chi connectivity index (χ4v) is 1.36. The van der Waals surface area contributed by atoms with Crippen LogP contribution in [0, 0.1) is 12.5 Å². The molecule has 1 radical (unpaired) electrons. The Labute approximate surface area is 63.2 Å². The van der Waals surface area contributed by atoms with Gasteiger partial charge in [-0.2, -0.15) is 0 Å². The molecule has 10 heavy (non-hydrogen) atoms. The molecule has 0 aromatic rings. The first-order valence-corrected chi connectivity index (χ1v) is 4.12. The summed E-state index contributed by atoms with van der Waals surface area (Å²) in [4.78, 5) is 0. The molecule has 0 bridgehead atoms. The van der Waals surface area contributed by atoms with Gasteiger partial charge in [-0.25, -0.2) is 0 Å². The van der Waals surface area contributed by atoms with Gasteiger partial charge in [-0.05, 0) is 31.7 Å². The summed E-state index contributed by atoms with van der Waals surface area (Å²) in [5.41, 5.74) is 5.44. The highest BCUT2D eigenvalue weighted by atomic mass is 14.9. The number of hydrogen-bond acceptors (Lipinski definition) is 2. The molecule has 0 aromatic heterocycles. The van der Waals surface area contributed by atoms with Crippen molar-refractivity contribution in [2.75, 3.05) is 6.54 Å². The summed E-state index contributed by atoms with van der Waals surface area (Å²) < 4.78 is 0. The smallest absolute Gasteiger partial charge is 0.0252 e. The van der Waals surface area contributed by atoms with E-state index < -0.39 is 0 Å². The van der Waals surface area contributed by atoms with Crippen molar-refractivity contribution in [3.63, 3.8) is 0 Å². The van der Waals surface area contributed by atoms with Crippen LogP contribution >= 0.6 is 0 Å². The van der Waals surface area contributed by atoms with Crippen molar-refractivity contribution in [3.8, 4) is 0 Å². The Morgan fingerprint density at radius 2 is 2.40 bits per heavy atom. The SMILES string of the molecule is CC1[CH]NC(CCN)CC1. The van der Waals surface area contributed by atoms with E-state index in [0.29, 0.717) is 6.04 Å². The van der Waals surface area contributed by atoms with Gasteiger partial charge < -0.3 is 11.1 Å². The van der Waals surface area contributed by atoms with E-state index in [4.69, 9.17) is 5.73 Å². The molecule has 0 amide bonds. The molecule has 1 aliphatic rings. The number of piperidine rings is 1. The molecule has 3 N–H and O–H groups in total. The summed E-state index contributed by atoms with van der Waals surface area (Å²) >= 11 is 0. The average Bonchev–Trinajstić information content (AvgIpc) is 1.95. The predicted molar refractivity (Wildman–Crippen MR) is 43.3 cm³/mol. The molecule has 59 valence electrons. The van der Waals surface area contributed by atoms with Crippen LogP contribution in [0.5, 0.6) is 0 Å². The number of rotatable bonds is 2. The van der Waals surface area contributed by atoms with Crippen LogP contribution in [0.25, 0.3) is 0 Å². The Bertz CT molecular complexity index is 85.3. The Kier molecular flexibility index (Phi) is 3.16. The summed E-state index contributed by atoms with van der Waals surface area (Å²) in [6, 6.07) is 0.654. The maximum Gasteiger partial charge on any atom is 0.0252 e. The van der Waals surface area contributed by atoms with Crippen LogP contribution in [0.4, 0.5) is 0 Å². The lowest BCUT2D eigenvalue weighted by Crippen LogP contribution is -2.35. The molecular formula is C8H17N2.